The number of aryl methyl sites for hydroxylation is 2. The van der Waals surface area contributed by atoms with Gasteiger partial charge in [0.05, 0.1) is 6.10 Å². The van der Waals surface area contributed by atoms with Gasteiger partial charge in [-0.15, -0.1) is 0 Å². The Morgan fingerprint density at radius 1 is 1.26 bits per heavy atom. The lowest BCUT2D eigenvalue weighted by Crippen LogP contribution is -2.25. The van der Waals surface area contributed by atoms with E-state index in [0.717, 1.165) is 41.2 Å². The summed E-state index contributed by atoms with van der Waals surface area (Å²) < 4.78 is 6.21. The van der Waals surface area contributed by atoms with Crippen LogP contribution < -0.4 is 10.5 Å². The highest BCUT2D eigenvalue weighted by atomic mass is 16.5. The quantitative estimate of drug-likeness (QED) is 0.645. The van der Waals surface area contributed by atoms with Gasteiger partial charge in [-0.1, -0.05) is 13.3 Å². The Bertz CT molecular complexity index is 459. The number of rotatable bonds is 3. The van der Waals surface area contributed by atoms with Gasteiger partial charge in [0.2, 0.25) is 0 Å². The van der Waals surface area contributed by atoms with Gasteiger partial charge in [0, 0.05) is 5.56 Å². The molecular formula is C16H24N2O. The molecule has 2 unspecified atom stereocenters. The molecule has 0 aliphatic heterocycles. The van der Waals surface area contributed by atoms with Crippen LogP contribution in [0, 0.1) is 25.2 Å². The van der Waals surface area contributed by atoms with Crippen molar-refractivity contribution in [3.05, 3.63) is 28.8 Å². The van der Waals surface area contributed by atoms with Crippen LogP contribution in [0.1, 0.15) is 49.3 Å². The van der Waals surface area contributed by atoms with E-state index in [1.165, 1.54) is 12.8 Å². The summed E-state index contributed by atoms with van der Waals surface area (Å²) in [6.07, 6.45) is 5.21. The number of hydrogen-bond donors (Lipinski definition) is 2. The maximum absolute atomic E-state index is 7.52. The first-order chi connectivity index (χ1) is 8.97. The van der Waals surface area contributed by atoms with E-state index in [-0.39, 0.29) is 5.84 Å². The summed E-state index contributed by atoms with van der Waals surface area (Å²) in [5, 5.41) is 7.52. The Hall–Kier alpha value is -1.51. The first-order valence-electron chi connectivity index (χ1n) is 7.09. The van der Waals surface area contributed by atoms with Gasteiger partial charge < -0.3 is 10.5 Å². The van der Waals surface area contributed by atoms with Crippen molar-refractivity contribution in [3.8, 4) is 5.75 Å². The molecule has 3 N–H and O–H groups in total. The molecular weight excluding hydrogens is 236 g/mol. The third-order valence-corrected chi connectivity index (χ3v) is 3.94. The third-order valence-electron chi connectivity index (χ3n) is 3.94. The fraction of sp³-hybridized carbons (Fsp3) is 0.562. The molecule has 1 aliphatic carbocycles. The van der Waals surface area contributed by atoms with Crippen LogP contribution in [0.4, 0.5) is 0 Å². The predicted octanol–water partition coefficient (Wildman–Crippen LogP) is 3.55. The molecule has 19 heavy (non-hydrogen) atoms. The summed E-state index contributed by atoms with van der Waals surface area (Å²) in [4.78, 5) is 0. The number of ether oxygens (including phenoxy) is 1. The Morgan fingerprint density at radius 2 is 1.89 bits per heavy atom. The van der Waals surface area contributed by atoms with Crippen molar-refractivity contribution < 1.29 is 4.74 Å². The highest BCUT2D eigenvalue weighted by Gasteiger charge is 2.21. The Labute approximate surface area is 115 Å². The van der Waals surface area contributed by atoms with E-state index in [1.807, 2.05) is 26.0 Å². The van der Waals surface area contributed by atoms with E-state index in [0.29, 0.717) is 6.10 Å². The number of amidine groups is 1. The SMILES string of the molecule is Cc1cc(C(=N)N)cc(C)c1OC1CCCC(C)C1. The molecule has 1 saturated carbocycles. The summed E-state index contributed by atoms with van der Waals surface area (Å²) in [6, 6.07) is 3.88. The largest absolute Gasteiger partial charge is 0.490 e. The molecule has 0 radical (unpaired) electrons. The number of hydrogen-bond acceptors (Lipinski definition) is 2. The third kappa shape index (κ3) is 3.28. The van der Waals surface area contributed by atoms with E-state index in [9.17, 15) is 0 Å². The van der Waals surface area contributed by atoms with E-state index in [1.54, 1.807) is 0 Å². The molecule has 2 atom stereocenters. The number of nitrogens with one attached hydrogen (secondary N) is 1. The topological polar surface area (TPSA) is 59.1 Å². The molecule has 0 bridgehead atoms. The smallest absolute Gasteiger partial charge is 0.125 e. The molecule has 0 heterocycles. The van der Waals surface area contributed by atoms with Crippen molar-refractivity contribution in [1.82, 2.24) is 0 Å². The van der Waals surface area contributed by atoms with Gasteiger partial charge in [0.1, 0.15) is 11.6 Å². The van der Waals surface area contributed by atoms with Crippen molar-refractivity contribution in [2.75, 3.05) is 0 Å². The summed E-state index contributed by atoms with van der Waals surface area (Å²) >= 11 is 0. The molecule has 0 aromatic heterocycles. The Balaban J connectivity index is 2.18. The number of nitrogen functional groups attached to an aromatic ring is 1. The van der Waals surface area contributed by atoms with Gasteiger partial charge in [-0.3, -0.25) is 5.41 Å². The predicted molar refractivity (Wildman–Crippen MR) is 79.0 cm³/mol. The van der Waals surface area contributed by atoms with Crippen LogP contribution in [0.5, 0.6) is 5.75 Å². The molecule has 1 aliphatic rings. The standard InChI is InChI=1S/C16H24N2O/c1-10-5-4-6-14(7-10)19-15-11(2)8-13(16(17)18)9-12(15)3/h8-10,14H,4-7H2,1-3H3,(H3,17,18). The zero-order valence-corrected chi connectivity index (χ0v) is 12.1. The van der Waals surface area contributed by atoms with Crippen LogP contribution in [-0.4, -0.2) is 11.9 Å². The molecule has 0 amide bonds. The molecule has 2 rings (SSSR count). The second kappa shape index (κ2) is 5.64. The van der Waals surface area contributed by atoms with E-state index < -0.39 is 0 Å². The van der Waals surface area contributed by atoms with E-state index >= 15 is 0 Å². The zero-order valence-electron chi connectivity index (χ0n) is 12.1. The summed E-state index contributed by atoms with van der Waals surface area (Å²) in [6.45, 7) is 6.36. The second-order valence-corrected chi connectivity index (χ2v) is 5.86. The van der Waals surface area contributed by atoms with E-state index in [2.05, 4.69) is 6.92 Å². The van der Waals surface area contributed by atoms with Gasteiger partial charge in [0.15, 0.2) is 0 Å². The van der Waals surface area contributed by atoms with Crippen LogP contribution in [0.2, 0.25) is 0 Å². The van der Waals surface area contributed by atoms with Crippen molar-refractivity contribution in [2.24, 2.45) is 11.7 Å². The summed E-state index contributed by atoms with van der Waals surface area (Å²) in [5.41, 5.74) is 8.47. The van der Waals surface area contributed by atoms with Gasteiger partial charge in [-0.05, 0) is 62.3 Å². The molecule has 1 fully saturated rings. The first-order valence-corrected chi connectivity index (χ1v) is 7.09. The minimum Gasteiger partial charge on any atom is -0.490 e. The minimum atomic E-state index is 0.115. The number of benzene rings is 1. The fourth-order valence-electron chi connectivity index (χ4n) is 2.94. The lowest BCUT2D eigenvalue weighted by atomic mass is 9.88. The Morgan fingerprint density at radius 3 is 2.42 bits per heavy atom. The average Bonchev–Trinajstić information content (AvgIpc) is 2.33. The molecule has 0 spiro atoms. The monoisotopic (exact) mass is 260 g/mol. The molecule has 0 saturated heterocycles. The van der Waals surface area contributed by atoms with E-state index in [4.69, 9.17) is 15.9 Å². The molecule has 104 valence electrons. The maximum Gasteiger partial charge on any atom is 0.125 e. The van der Waals surface area contributed by atoms with Crippen LogP contribution in [-0.2, 0) is 0 Å². The van der Waals surface area contributed by atoms with Crippen LogP contribution in [0.15, 0.2) is 12.1 Å². The second-order valence-electron chi connectivity index (χ2n) is 5.86. The molecule has 1 aromatic carbocycles. The summed E-state index contributed by atoms with van der Waals surface area (Å²) in [5.74, 6) is 1.85. The van der Waals surface area contributed by atoms with Crippen molar-refractivity contribution in [2.45, 2.75) is 52.6 Å². The highest BCUT2D eigenvalue weighted by Crippen LogP contribution is 2.31. The lowest BCUT2D eigenvalue weighted by Gasteiger charge is -2.28. The van der Waals surface area contributed by atoms with Crippen molar-refractivity contribution in [1.29, 1.82) is 5.41 Å². The number of nitrogens with two attached hydrogens (primary N) is 1. The molecule has 3 nitrogen and oxygen atoms in total. The zero-order chi connectivity index (χ0) is 14.0. The lowest BCUT2D eigenvalue weighted by molar-refractivity contribution is 0.127. The van der Waals surface area contributed by atoms with Gasteiger partial charge in [-0.2, -0.15) is 0 Å². The van der Waals surface area contributed by atoms with Crippen LogP contribution >= 0.6 is 0 Å². The van der Waals surface area contributed by atoms with Gasteiger partial charge in [0.25, 0.3) is 0 Å². The maximum atomic E-state index is 7.52. The minimum absolute atomic E-state index is 0.115. The summed E-state index contributed by atoms with van der Waals surface area (Å²) in [7, 11) is 0. The fourth-order valence-corrected chi connectivity index (χ4v) is 2.94. The molecule has 3 heteroatoms. The van der Waals surface area contributed by atoms with Gasteiger partial charge >= 0.3 is 0 Å². The van der Waals surface area contributed by atoms with Crippen molar-refractivity contribution >= 4 is 5.84 Å². The highest BCUT2D eigenvalue weighted by molar-refractivity contribution is 5.95. The van der Waals surface area contributed by atoms with Crippen LogP contribution in [0.25, 0.3) is 0 Å². The average molecular weight is 260 g/mol. The van der Waals surface area contributed by atoms with Gasteiger partial charge in [-0.25, -0.2) is 0 Å². The first kappa shape index (κ1) is 13.9. The van der Waals surface area contributed by atoms with Crippen molar-refractivity contribution in [3.63, 3.8) is 0 Å². The normalized spacial score (nSPS) is 23.1. The Kier molecular flexibility index (Phi) is 4.13. The van der Waals surface area contributed by atoms with Crippen LogP contribution in [0.3, 0.4) is 0 Å². The molecule has 1 aromatic rings.